The third kappa shape index (κ3) is 2.79. The number of imidazole rings is 1. The first kappa shape index (κ1) is 12.2. The number of para-hydroxylation sites is 1. The van der Waals surface area contributed by atoms with Crippen molar-refractivity contribution in [3.8, 4) is 5.69 Å². The van der Waals surface area contributed by atoms with Crippen LogP contribution in [-0.4, -0.2) is 40.6 Å². The van der Waals surface area contributed by atoms with E-state index in [0.717, 1.165) is 18.2 Å². The molecule has 2 aromatic rings. The average molecular weight is 256 g/mol. The summed E-state index contributed by atoms with van der Waals surface area (Å²) in [5, 5.41) is 3.57. The van der Waals surface area contributed by atoms with Crippen molar-refractivity contribution in [2.45, 2.75) is 18.9 Å². The highest BCUT2D eigenvalue weighted by Crippen LogP contribution is 2.17. The topological polar surface area (TPSA) is 33.1 Å². The highest BCUT2D eigenvalue weighted by atomic mass is 15.2. The van der Waals surface area contributed by atoms with Gasteiger partial charge in [-0.2, -0.15) is 0 Å². The van der Waals surface area contributed by atoms with Gasteiger partial charge >= 0.3 is 0 Å². The Balaban J connectivity index is 1.77. The van der Waals surface area contributed by atoms with E-state index < -0.39 is 0 Å². The SMILES string of the molecule is CN1CCCC(Nc2nccn2-c2ccccc2)C1. The zero-order valence-electron chi connectivity index (χ0n) is 11.3. The second-order valence-electron chi connectivity index (χ2n) is 5.20. The van der Waals surface area contributed by atoms with E-state index in [-0.39, 0.29) is 0 Å². The van der Waals surface area contributed by atoms with Crippen LogP contribution in [0, 0.1) is 0 Å². The van der Waals surface area contributed by atoms with E-state index >= 15 is 0 Å². The second-order valence-corrected chi connectivity index (χ2v) is 5.20. The van der Waals surface area contributed by atoms with Crippen molar-refractivity contribution in [1.29, 1.82) is 0 Å². The molecular formula is C15H20N4. The van der Waals surface area contributed by atoms with E-state index in [9.17, 15) is 0 Å². The summed E-state index contributed by atoms with van der Waals surface area (Å²) in [5.41, 5.74) is 1.15. The Morgan fingerprint density at radius 2 is 2.11 bits per heavy atom. The molecule has 1 aromatic heterocycles. The third-order valence-electron chi connectivity index (χ3n) is 3.63. The van der Waals surface area contributed by atoms with Crippen LogP contribution in [0.5, 0.6) is 0 Å². The maximum absolute atomic E-state index is 4.45. The second kappa shape index (κ2) is 5.45. The van der Waals surface area contributed by atoms with Crippen LogP contribution in [0.3, 0.4) is 0 Å². The summed E-state index contributed by atoms with van der Waals surface area (Å²) in [7, 11) is 2.18. The van der Waals surface area contributed by atoms with E-state index in [1.165, 1.54) is 19.4 Å². The van der Waals surface area contributed by atoms with Crippen LogP contribution in [0.25, 0.3) is 5.69 Å². The molecule has 1 aliphatic heterocycles. The molecular weight excluding hydrogens is 236 g/mol. The molecule has 1 fully saturated rings. The van der Waals surface area contributed by atoms with Gasteiger partial charge in [0.1, 0.15) is 0 Å². The molecule has 1 N–H and O–H groups in total. The van der Waals surface area contributed by atoms with Gasteiger partial charge in [-0.3, -0.25) is 4.57 Å². The summed E-state index contributed by atoms with van der Waals surface area (Å²) in [6.07, 6.45) is 6.32. The lowest BCUT2D eigenvalue weighted by Crippen LogP contribution is -2.40. The van der Waals surface area contributed by atoms with Gasteiger partial charge in [-0.05, 0) is 38.6 Å². The molecule has 4 nitrogen and oxygen atoms in total. The standard InChI is InChI=1S/C15H20N4/c1-18-10-5-6-13(12-18)17-15-16-9-11-19(15)14-7-3-2-4-8-14/h2-4,7-9,11,13H,5-6,10,12H2,1H3,(H,16,17). The molecule has 1 saturated heterocycles. The number of benzene rings is 1. The minimum atomic E-state index is 0.489. The van der Waals surface area contributed by atoms with Crippen molar-refractivity contribution >= 4 is 5.95 Å². The summed E-state index contributed by atoms with van der Waals surface area (Å²) >= 11 is 0. The fourth-order valence-electron chi connectivity index (χ4n) is 2.67. The Morgan fingerprint density at radius 1 is 1.26 bits per heavy atom. The molecule has 3 rings (SSSR count). The molecule has 2 heterocycles. The summed E-state index contributed by atoms with van der Waals surface area (Å²) < 4.78 is 2.11. The van der Waals surface area contributed by atoms with Gasteiger partial charge in [-0.25, -0.2) is 4.98 Å². The van der Waals surface area contributed by atoms with Crippen molar-refractivity contribution in [3.05, 3.63) is 42.7 Å². The number of nitrogens with zero attached hydrogens (tertiary/aromatic N) is 3. The third-order valence-corrected chi connectivity index (χ3v) is 3.63. The lowest BCUT2D eigenvalue weighted by atomic mass is 10.1. The first-order valence-electron chi connectivity index (χ1n) is 6.87. The normalized spacial score (nSPS) is 20.4. The van der Waals surface area contributed by atoms with Crippen LogP contribution < -0.4 is 5.32 Å². The van der Waals surface area contributed by atoms with Crippen LogP contribution in [0.4, 0.5) is 5.95 Å². The van der Waals surface area contributed by atoms with Gasteiger partial charge in [0.05, 0.1) is 0 Å². The van der Waals surface area contributed by atoms with Crippen LogP contribution in [0.1, 0.15) is 12.8 Å². The Labute approximate surface area is 114 Å². The number of rotatable bonds is 3. The molecule has 0 aliphatic carbocycles. The Morgan fingerprint density at radius 3 is 2.89 bits per heavy atom. The van der Waals surface area contributed by atoms with E-state index in [1.54, 1.807) is 0 Å². The van der Waals surface area contributed by atoms with Crippen molar-refractivity contribution in [2.75, 3.05) is 25.5 Å². The first-order valence-corrected chi connectivity index (χ1v) is 6.87. The first-order chi connectivity index (χ1) is 9.33. The number of aromatic nitrogens is 2. The molecule has 1 aromatic carbocycles. The fourth-order valence-corrected chi connectivity index (χ4v) is 2.67. The van der Waals surface area contributed by atoms with E-state index in [2.05, 4.69) is 38.9 Å². The van der Waals surface area contributed by atoms with Gasteiger partial charge in [-0.15, -0.1) is 0 Å². The molecule has 1 aliphatic rings. The van der Waals surface area contributed by atoms with Gasteiger partial charge in [-0.1, -0.05) is 18.2 Å². The molecule has 19 heavy (non-hydrogen) atoms. The molecule has 0 bridgehead atoms. The number of hydrogen-bond acceptors (Lipinski definition) is 3. The van der Waals surface area contributed by atoms with Crippen molar-refractivity contribution in [2.24, 2.45) is 0 Å². The Kier molecular flexibility index (Phi) is 3.51. The van der Waals surface area contributed by atoms with Crippen LogP contribution in [-0.2, 0) is 0 Å². The molecule has 100 valence electrons. The summed E-state index contributed by atoms with van der Waals surface area (Å²) in [6, 6.07) is 10.8. The lowest BCUT2D eigenvalue weighted by Gasteiger charge is -2.30. The minimum Gasteiger partial charge on any atom is -0.351 e. The summed E-state index contributed by atoms with van der Waals surface area (Å²) in [5.74, 6) is 0.937. The van der Waals surface area contributed by atoms with E-state index in [4.69, 9.17) is 0 Å². The molecule has 0 amide bonds. The number of likely N-dealkylation sites (tertiary alicyclic amines) is 1. The largest absolute Gasteiger partial charge is 0.351 e. The monoisotopic (exact) mass is 256 g/mol. The number of nitrogens with one attached hydrogen (secondary N) is 1. The van der Waals surface area contributed by atoms with Gasteiger partial charge in [0.2, 0.25) is 5.95 Å². The quantitative estimate of drug-likeness (QED) is 0.915. The predicted molar refractivity (Wildman–Crippen MR) is 77.7 cm³/mol. The average Bonchev–Trinajstić information content (AvgIpc) is 2.88. The molecule has 1 unspecified atom stereocenters. The zero-order chi connectivity index (χ0) is 13.1. The lowest BCUT2D eigenvalue weighted by molar-refractivity contribution is 0.260. The molecule has 0 saturated carbocycles. The molecule has 1 atom stereocenters. The Hall–Kier alpha value is -1.81. The van der Waals surface area contributed by atoms with Crippen LogP contribution in [0.15, 0.2) is 42.7 Å². The molecule has 0 spiro atoms. The van der Waals surface area contributed by atoms with Gasteiger partial charge < -0.3 is 10.2 Å². The van der Waals surface area contributed by atoms with Gasteiger partial charge in [0.15, 0.2) is 0 Å². The minimum absolute atomic E-state index is 0.489. The highest BCUT2D eigenvalue weighted by molar-refractivity contribution is 5.42. The number of hydrogen-bond donors (Lipinski definition) is 1. The Bertz CT molecular complexity index is 520. The van der Waals surface area contributed by atoms with Gasteiger partial charge in [0, 0.05) is 30.7 Å². The number of piperidine rings is 1. The maximum atomic E-state index is 4.45. The molecule has 4 heteroatoms. The van der Waals surface area contributed by atoms with Gasteiger partial charge in [0.25, 0.3) is 0 Å². The fraction of sp³-hybridized carbons (Fsp3) is 0.400. The number of anilines is 1. The zero-order valence-corrected chi connectivity index (χ0v) is 11.3. The number of likely N-dealkylation sites (N-methyl/N-ethyl adjacent to an activating group) is 1. The predicted octanol–water partition coefficient (Wildman–Crippen LogP) is 2.38. The van der Waals surface area contributed by atoms with Crippen LogP contribution in [0.2, 0.25) is 0 Å². The summed E-state index contributed by atoms with van der Waals surface area (Å²) in [4.78, 5) is 6.82. The van der Waals surface area contributed by atoms with Crippen molar-refractivity contribution in [1.82, 2.24) is 14.5 Å². The maximum Gasteiger partial charge on any atom is 0.207 e. The van der Waals surface area contributed by atoms with E-state index in [0.29, 0.717) is 6.04 Å². The van der Waals surface area contributed by atoms with Crippen molar-refractivity contribution in [3.63, 3.8) is 0 Å². The smallest absolute Gasteiger partial charge is 0.207 e. The van der Waals surface area contributed by atoms with Crippen molar-refractivity contribution < 1.29 is 0 Å². The summed E-state index contributed by atoms with van der Waals surface area (Å²) in [6.45, 7) is 2.28. The highest BCUT2D eigenvalue weighted by Gasteiger charge is 2.18. The van der Waals surface area contributed by atoms with E-state index in [1.807, 2.05) is 30.6 Å². The van der Waals surface area contributed by atoms with Crippen LogP contribution >= 0.6 is 0 Å². The molecule has 0 radical (unpaired) electrons.